The average molecular weight is 403 g/mol. The number of esters is 1. The lowest BCUT2D eigenvalue weighted by atomic mass is 10.1. The second-order valence-electron chi connectivity index (χ2n) is 5.39. The molecule has 138 valence electrons. The van der Waals surface area contributed by atoms with Crippen LogP contribution in [0.15, 0.2) is 54.0 Å². The molecule has 2 aromatic heterocycles. The second-order valence-corrected chi connectivity index (χ2v) is 6.71. The normalized spacial score (nSPS) is 10.3. The number of hydrogen-bond donors (Lipinski definition) is 1. The summed E-state index contributed by atoms with van der Waals surface area (Å²) in [6.07, 6.45) is 0.816. The molecule has 0 unspecified atom stereocenters. The van der Waals surface area contributed by atoms with Crippen molar-refractivity contribution >= 4 is 40.7 Å². The highest BCUT2D eigenvalue weighted by Crippen LogP contribution is 2.36. The van der Waals surface area contributed by atoms with Crippen molar-refractivity contribution < 1.29 is 19.1 Å². The van der Waals surface area contributed by atoms with Crippen LogP contribution in [0.25, 0.3) is 10.6 Å². The number of nitrogens with zero attached hydrogens (tertiary/aromatic N) is 1. The Morgan fingerprint density at radius 3 is 2.63 bits per heavy atom. The fourth-order valence-electron chi connectivity index (χ4n) is 2.32. The van der Waals surface area contributed by atoms with Crippen molar-refractivity contribution in [2.45, 2.75) is 6.61 Å². The Labute approximate surface area is 164 Å². The summed E-state index contributed by atoms with van der Waals surface area (Å²) in [4.78, 5) is 29.2. The fourth-order valence-corrected chi connectivity index (χ4v) is 3.40. The van der Waals surface area contributed by atoms with E-state index in [4.69, 9.17) is 21.1 Å². The number of carbonyl (C=O) groups is 2. The predicted octanol–water partition coefficient (Wildman–Crippen LogP) is 5.00. The molecule has 8 heteroatoms. The van der Waals surface area contributed by atoms with E-state index in [1.165, 1.54) is 24.6 Å². The third-order valence-corrected chi connectivity index (χ3v) is 4.82. The molecule has 6 nitrogen and oxygen atoms in total. The number of methoxy groups -OCH3 is 1. The molecule has 0 saturated heterocycles. The summed E-state index contributed by atoms with van der Waals surface area (Å²) in [6.45, 7) is 0.121. The Balaban J connectivity index is 1.79. The lowest BCUT2D eigenvalue weighted by molar-refractivity contribution is 0.0603. The van der Waals surface area contributed by atoms with E-state index in [0.29, 0.717) is 21.3 Å². The third-order valence-electron chi connectivity index (χ3n) is 3.59. The third kappa shape index (κ3) is 4.64. The van der Waals surface area contributed by atoms with Crippen LogP contribution in [-0.4, -0.2) is 24.2 Å². The van der Waals surface area contributed by atoms with E-state index >= 15 is 0 Å². The number of amides is 1. The Bertz CT molecular complexity index is 942. The van der Waals surface area contributed by atoms with Gasteiger partial charge in [-0.25, -0.2) is 9.59 Å². The molecule has 0 spiro atoms. The summed E-state index contributed by atoms with van der Waals surface area (Å²) < 4.78 is 10.1. The van der Waals surface area contributed by atoms with Crippen LogP contribution in [0.4, 0.5) is 10.5 Å². The van der Waals surface area contributed by atoms with Crippen LogP contribution < -0.4 is 5.32 Å². The van der Waals surface area contributed by atoms with Crippen molar-refractivity contribution in [1.82, 2.24) is 4.98 Å². The number of aromatic nitrogens is 1. The molecule has 1 amide bonds. The van der Waals surface area contributed by atoms with Gasteiger partial charge in [-0.05, 0) is 17.7 Å². The second kappa shape index (κ2) is 8.66. The first-order chi connectivity index (χ1) is 13.1. The van der Waals surface area contributed by atoms with Gasteiger partial charge in [-0.15, -0.1) is 11.3 Å². The number of nitrogens with one attached hydrogen (secondary N) is 1. The maximum Gasteiger partial charge on any atom is 0.412 e. The largest absolute Gasteiger partial charge is 0.465 e. The number of thiophene rings is 1. The summed E-state index contributed by atoms with van der Waals surface area (Å²) in [5, 5.41) is 4.72. The fraction of sp³-hybridized carbons (Fsp3) is 0.105. The summed E-state index contributed by atoms with van der Waals surface area (Å²) >= 11 is 7.12. The zero-order chi connectivity index (χ0) is 19.2. The number of carbonyl (C=O) groups excluding carboxylic acids is 2. The summed E-state index contributed by atoms with van der Waals surface area (Å²) in [5.74, 6) is -0.582. The number of ether oxygens (including phenoxy) is 2. The molecule has 0 bridgehead atoms. The highest BCUT2D eigenvalue weighted by atomic mass is 35.5. The molecular weight excluding hydrogens is 388 g/mol. The SMILES string of the molecule is COC(=O)c1c(NC(=O)OCc2ccccc2)csc1-c1ccc(Cl)cn1. The van der Waals surface area contributed by atoms with E-state index < -0.39 is 12.1 Å². The predicted molar refractivity (Wildman–Crippen MR) is 104 cm³/mol. The monoisotopic (exact) mass is 402 g/mol. The Morgan fingerprint density at radius 2 is 1.96 bits per heavy atom. The minimum atomic E-state index is -0.669. The highest BCUT2D eigenvalue weighted by molar-refractivity contribution is 7.14. The lowest BCUT2D eigenvalue weighted by Crippen LogP contribution is -2.15. The number of rotatable bonds is 5. The standard InChI is InChI=1S/C19H15ClN2O4S/c1-25-18(23)16-15(11-27-17(16)14-8-7-13(20)9-21-14)22-19(24)26-10-12-5-3-2-4-6-12/h2-9,11H,10H2,1H3,(H,22,24). The van der Waals surface area contributed by atoms with Crippen molar-refractivity contribution in [1.29, 1.82) is 0 Å². The van der Waals surface area contributed by atoms with E-state index in [2.05, 4.69) is 10.3 Å². The number of halogens is 1. The number of pyridine rings is 1. The van der Waals surface area contributed by atoms with Gasteiger partial charge in [0.25, 0.3) is 0 Å². The molecule has 0 fully saturated rings. The van der Waals surface area contributed by atoms with Gasteiger partial charge in [0, 0.05) is 11.6 Å². The van der Waals surface area contributed by atoms with Gasteiger partial charge in [0.1, 0.15) is 12.2 Å². The first-order valence-corrected chi connectivity index (χ1v) is 9.13. The lowest BCUT2D eigenvalue weighted by Gasteiger charge is -2.08. The van der Waals surface area contributed by atoms with Crippen LogP contribution in [0.1, 0.15) is 15.9 Å². The molecule has 3 rings (SSSR count). The van der Waals surface area contributed by atoms with E-state index in [1.54, 1.807) is 17.5 Å². The van der Waals surface area contributed by atoms with Gasteiger partial charge in [0.2, 0.25) is 0 Å². The molecule has 3 aromatic rings. The van der Waals surface area contributed by atoms with E-state index in [9.17, 15) is 9.59 Å². The quantitative estimate of drug-likeness (QED) is 0.607. The molecule has 0 aliphatic heterocycles. The molecule has 1 N–H and O–H groups in total. The van der Waals surface area contributed by atoms with Crippen LogP contribution in [0.2, 0.25) is 5.02 Å². The van der Waals surface area contributed by atoms with Crippen molar-refractivity contribution in [2.24, 2.45) is 0 Å². The summed E-state index contributed by atoms with van der Waals surface area (Å²) in [6, 6.07) is 12.7. The summed E-state index contributed by atoms with van der Waals surface area (Å²) in [5.41, 5.74) is 1.93. The van der Waals surface area contributed by atoms with Crippen LogP contribution in [-0.2, 0) is 16.1 Å². The highest BCUT2D eigenvalue weighted by Gasteiger charge is 2.23. The first-order valence-electron chi connectivity index (χ1n) is 7.88. The molecule has 2 heterocycles. The van der Waals surface area contributed by atoms with E-state index in [1.807, 2.05) is 30.3 Å². The number of anilines is 1. The van der Waals surface area contributed by atoms with Gasteiger partial charge in [-0.1, -0.05) is 41.9 Å². The Morgan fingerprint density at radius 1 is 1.19 bits per heavy atom. The molecule has 0 aliphatic carbocycles. The van der Waals surface area contributed by atoms with Crippen LogP contribution >= 0.6 is 22.9 Å². The summed E-state index contributed by atoms with van der Waals surface area (Å²) in [7, 11) is 1.27. The maximum absolute atomic E-state index is 12.3. The average Bonchev–Trinajstić information content (AvgIpc) is 3.10. The van der Waals surface area contributed by atoms with Crippen molar-refractivity contribution in [3.05, 3.63) is 70.2 Å². The zero-order valence-electron chi connectivity index (χ0n) is 14.3. The minimum Gasteiger partial charge on any atom is -0.465 e. The topological polar surface area (TPSA) is 77.5 Å². The van der Waals surface area contributed by atoms with Gasteiger partial charge in [0.15, 0.2) is 0 Å². The first kappa shape index (κ1) is 18.9. The molecule has 0 atom stereocenters. The molecule has 0 aliphatic rings. The van der Waals surface area contributed by atoms with Crippen LogP contribution in [0.3, 0.4) is 0 Å². The molecule has 1 aromatic carbocycles. The van der Waals surface area contributed by atoms with E-state index in [0.717, 1.165) is 5.56 Å². The van der Waals surface area contributed by atoms with Crippen molar-refractivity contribution in [3.8, 4) is 10.6 Å². The van der Waals surface area contributed by atoms with Crippen LogP contribution in [0.5, 0.6) is 0 Å². The molecule has 0 radical (unpaired) electrons. The molecule has 27 heavy (non-hydrogen) atoms. The van der Waals surface area contributed by atoms with Crippen LogP contribution in [0, 0.1) is 0 Å². The van der Waals surface area contributed by atoms with Gasteiger partial charge >= 0.3 is 12.1 Å². The Hall–Kier alpha value is -2.90. The van der Waals surface area contributed by atoms with E-state index in [-0.39, 0.29) is 12.2 Å². The van der Waals surface area contributed by atoms with Crippen molar-refractivity contribution in [3.63, 3.8) is 0 Å². The number of benzene rings is 1. The van der Waals surface area contributed by atoms with Gasteiger partial charge in [0.05, 0.1) is 28.4 Å². The molecule has 0 saturated carbocycles. The molecular formula is C19H15ClN2O4S. The zero-order valence-corrected chi connectivity index (χ0v) is 15.8. The van der Waals surface area contributed by atoms with Gasteiger partial charge in [-0.3, -0.25) is 10.3 Å². The minimum absolute atomic E-state index is 0.121. The van der Waals surface area contributed by atoms with Gasteiger partial charge in [-0.2, -0.15) is 0 Å². The maximum atomic E-state index is 12.3. The van der Waals surface area contributed by atoms with Gasteiger partial charge < -0.3 is 9.47 Å². The smallest absolute Gasteiger partial charge is 0.412 e. The Kier molecular flexibility index (Phi) is 6.05. The number of hydrogen-bond acceptors (Lipinski definition) is 6. The van der Waals surface area contributed by atoms with Crippen molar-refractivity contribution in [2.75, 3.05) is 12.4 Å².